The molecule has 4 heteroatoms. The third kappa shape index (κ3) is 5.47. The van der Waals surface area contributed by atoms with Crippen LogP contribution in [0, 0.1) is 5.92 Å². The molecule has 0 aromatic carbocycles. The lowest BCUT2D eigenvalue weighted by atomic mass is 10.1. The Morgan fingerprint density at radius 1 is 1.33 bits per heavy atom. The molecular weight excluding hydrogens is 194 g/mol. The molecule has 0 bridgehead atoms. The molecule has 1 unspecified atom stereocenters. The van der Waals surface area contributed by atoms with Gasteiger partial charge >= 0.3 is 0 Å². The van der Waals surface area contributed by atoms with E-state index < -0.39 is 0 Å². The minimum absolute atomic E-state index is 0.322. The number of hydrogen-bond donors (Lipinski definition) is 1. The Bertz CT molecular complexity index is 155. The van der Waals surface area contributed by atoms with Crippen molar-refractivity contribution in [2.45, 2.75) is 12.8 Å². The molecule has 1 fully saturated rings. The lowest BCUT2D eigenvalue weighted by Gasteiger charge is -2.15. The normalized spacial score (nSPS) is 22.4. The summed E-state index contributed by atoms with van der Waals surface area (Å²) in [7, 11) is 1.68. The first-order valence-corrected chi connectivity index (χ1v) is 5.76. The van der Waals surface area contributed by atoms with Crippen LogP contribution >= 0.6 is 0 Å². The van der Waals surface area contributed by atoms with Gasteiger partial charge in [-0.3, -0.25) is 0 Å². The van der Waals surface area contributed by atoms with Crippen molar-refractivity contribution < 1.29 is 14.6 Å². The first-order chi connectivity index (χ1) is 7.36. The van der Waals surface area contributed by atoms with E-state index in [9.17, 15) is 0 Å². The number of rotatable bonds is 8. The summed E-state index contributed by atoms with van der Waals surface area (Å²) >= 11 is 0. The highest BCUT2D eigenvalue weighted by atomic mass is 16.5. The first kappa shape index (κ1) is 12.9. The molecule has 1 N–H and O–H groups in total. The summed E-state index contributed by atoms with van der Waals surface area (Å²) in [6.45, 7) is 5.74. The summed E-state index contributed by atoms with van der Waals surface area (Å²) in [6.07, 6.45) is 2.17. The highest BCUT2D eigenvalue weighted by Crippen LogP contribution is 2.18. The van der Waals surface area contributed by atoms with Crippen molar-refractivity contribution in [3.8, 4) is 0 Å². The zero-order valence-corrected chi connectivity index (χ0v) is 9.65. The Morgan fingerprint density at radius 3 is 2.93 bits per heavy atom. The van der Waals surface area contributed by atoms with Crippen LogP contribution in [0.2, 0.25) is 0 Å². The topological polar surface area (TPSA) is 41.9 Å². The predicted molar refractivity (Wildman–Crippen MR) is 58.9 cm³/mol. The monoisotopic (exact) mass is 217 g/mol. The van der Waals surface area contributed by atoms with Gasteiger partial charge in [-0.25, -0.2) is 0 Å². The van der Waals surface area contributed by atoms with E-state index >= 15 is 0 Å². The van der Waals surface area contributed by atoms with E-state index in [1.54, 1.807) is 7.11 Å². The van der Waals surface area contributed by atoms with E-state index in [1.165, 1.54) is 6.42 Å². The van der Waals surface area contributed by atoms with Crippen molar-refractivity contribution in [1.82, 2.24) is 4.90 Å². The second-order valence-corrected chi connectivity index (χ2v) is 4.07. The van der Waals surface area contributed by atoms with Gasteiger partial charge in [0.2, 0.25) is 0 Å². The van der Waals surface area contributed by atoms with Crippen molar-refractivity contribution in [3.05, 3.63) is 0 Å². The molecule has 1 aliphatic rings. The van der Waals surface area contributed by atoms with Crippen LogP contribution in [0.4, 0.5) is 0 Å². The average molecular weight is 217 g/mol. The van der Waals surface area contributed by atoms with E-state index in [2.05, 4.69) is 4.90 Å². The largest absolute Gasteiger partial charge is 0.396 e. The van der Waals surface area contributed by atoms with E-state index in [4.69, 9.17) is 14.6 Å². The Balaban J connectivity index is 1.94. The molecule has 1 aliphatic heterocycles. The highest BCUT2D eigenvalue weighted by Gasteiger charge is 2.21. The maximum Gasteiger partial charge on any atom is 0.0700 e. The van der Waals surface area contributed by atoms with Crippen LogP contribution in [0.3, 0.4) is 0 Å². The third-order valence-corrected chi connectivity index (χ3v) is 2.89. The SMILES string of the molecule is COCCOCCN1CCC(CCO)C1. The van der Waals surface area contributed by atoms with Crippen molar-refractivity contribution in [3.63, 3.8) is 0 Å². The molecule has 0 aromatic heterocycles. The van der Waals surface area contributed by atoms with Crippen LogP contribution in [0.15, 0.2) is 0 Å². The Morgan fingerprint density at radius 2 is 2.20 bits per heavy atom. The van der Waals surface area contributed by atoms with Gasteiger partial charge < -0.3 is 19.5 Å². The molecule has 1 atom stereocenters. The fourth-order valence-electron chi connectivity index (χ4n) is 1.97. The van der Waals surface area contributed by atoms with Crippen LogP contribution < -0.4 is 0 Å². The molecular formula is C11H23NO3. The summed E-state index contributed by atoms with van der Waals surface area (Å²) in [5, 5.41) is 8.83. The molecule has 0 aliphatic carbocycles. The standard InChI is InChI=1S/C11H23NO3/c1-14-8-9-15-7-5-12-4-2-11(10-12)3-6-13/h11,13H,2-10H2,1H3. The third-order valence-electron chi connectivity index (χ3n) is 2.89. The molecule has 4 nitrogen and oxygen atoms in total. The number of ether oxygens (including phenoxy) is 2. The molecule has 1 saturated heterocycles. The van der Waals surface area contributed by atoms with Gasteiger partial charge in [-0.15, -0.1) is 0 Å². The van der Waals surface area contributed by atoms with Gasteiger partial charge in [-0.2, -0.15) is 0 Å². The summed E-state index contributed by atoms with van der Waals surface area (Å²) < 4.78 is 10.3. The molecule has 90 valence electrons. The predicted octanol–water partition coefficient (Wildman–Crippen LogP) is 0.354. The van der Waals surface area contributed by atoms with Crippen molar-refractivity contribution >= 4 is 0 Å². The fourth-order valence-corrected chi connectivity index (χ4v) is 1.97. The highest BCUT2D eigenvalue weighted by molar-refractivity contribution is 4.74. The molecule has 0 aromatic rings. The second kappa shape index (κ2) is 8.05. The number of aliphatic hydroxyl groups excluding tert-OH is 1. The fraction of sp³-hybridized carbons (Fsp3) is 1.00. The molecule has 0 radical (unpaired) electrons. The summed E-state index contributed by atoms with van der Waals surface area (Å²) in [5.74, 6) is 0.689. The number of aliphatic hydroxyl groups is 1. The van der Waals surface area contributed by atoms with Gasteiger partial charge in [-0.05, 0) is 25.3 Å². The van der Waals surface area contributed by atoms with Gasteiger partial charge in [0.05, 0.1) is 19.8 Å². The zero-order valence-electron chi connectivity index (χ0n) is 9.65. The van der Waals surface area contributed by atoms with E-state index in [0.717, 1.165) is 32.7 Å². The van der Waals surface area contributed by atoms with E-state index in [1.807, 2.05) is 0 Å². The lowest BCUT2D eigenvalue weighted by molar-refractivity contribution is 0.0598. The van der Waals surface area contributed by atoms with E-state index in [0.29, 0.717) is 25.7 Å². The van der Waals surface area contributed by atoms with Crippen LogP contribution in [-0.4, -0.2) is 63.2 Å². The molecule has 0 saturated carbocycles. The summed E-state index contributed by atoms with van der Waals surface area (Å²) in [6, 6.07) is 0. The molecule has 15 heavy (non-hydrogen) atoms. The van der Waals surface area contributed by atoms with Gasteiger partial charge in [0.1, 0.15) is 0 Å². The number of likely N-dealkylation sites (tertiary alicyclic amines) is 1. The van der Waals surface area contributed by atoms with E-state index in [-0.39, 0.29) is 0 Å². The quantitative estimate of drug-likeness (QED) is 0.596. The van der Waals surface area contributed by atoms with Crippen LogP contribution in [0.5, 0.6) is 0 Å². The lowest BCUT2D eigenvalue weighted by Crippen LogP contribution is -2.25. The van der Waals surface area contributed by atoms with Gasteiger partial charge in [-0.1, -0.05) is 0 Å². The molecule has 0 spiro atoms. The Hall–Kier alpha value is -0.160. The number of nitrogens with zero attached hydrogens (tertiary/aromatic N) is 1. The number of methoxy groups -OCH3 is 1. The smallest absolute Gasteiger partial charge is 0.0700 e. The number of hydrogen-bond acceptors (Lipinski definition) is 4. The summed E-state index contributed by atoms with van der Waals surface area (Å²) in [4.78, 5) is 2.41. The maximum absolute atomic E-state index is 8.83. The van der Waals surface area contributed by atoms with Crippen LogP contribution in [0.25, 0.3) is 0 Å². The maximum atomic E-state index is 8.83. The average Bonchev–Trinajstić information content (AvgIpc) is 2.66. The second-order valence-electron chi connectivity index (χ2n) is 4.07. The minimum Gasteiger partial charge on any atom is -0.396 e. The van der Waals surface area contributed by atoms with Gasteiger partial charge in [0, 0.05) is 26.8 Å². The Kier molecular flexibility index (Phi) is 6.92. The van der Waals surface area contributed by atoms with Crippen LogP contribution in [-0.2, 0) is 9.47 Å². The van der Waals surface area contributed by atoms with Crippen LogP contribution in [0.1, 0.15) is 12.8 Å². The minimum atomic E-state index is 0.322. The summed E-state index contributed by atoms with van der Waals surface area (Å²) in [5.41, 5.74) is 0. The first-order valence-electron chi connectivity index (χ1n) is 5.76. The van der Waals surface area contributed by atoms with Crippen molar-refractivity contribution in [2.75, 3.05) is 53.2 Å². The molecule has 1 heterocycles. The molecule has 1 rings (SSSR count). The van der Waals surface area contributed by atoms with Crippen molar-refractivity contribution in [2.24, 2.45) is 5.92 Å². The zero-order chi connectivity index (χ0) is 10.9. The van der Waals surface area contributed by atoms with Gasteiger partial charge in [0.25, 0.3) is 0 Å². The van der Waals surface area contributed by atoms with Crippen molar-refractivity contribution in [1.29, 1.82) is 0 Å². The Labute approximate surface area is 92.2 Å². The van der Waals surface area contributed by atoms with Gasteiger partial charge in [0.15, 0.2) is 0 Å². The molecule has 0 amide bonds.